The quantitative estimate of drug-likeness (QED) is 0.202. The number of aromatic nitrogens is 5. The van der Waals surface area contributed by atoms with E-state index in [1.54, 1.807) is 33.5 Å². The summed E-state index contributed by atoms with van der Waals surface area (Å²) >= 11 is 13.9. The van der Waals surface area contributed by atoms with Crippen molar-refractivity contribution in [3.05, 3.63) is 74.7 Å². The highest BCUT2D eigenvalue weighted by Crippen LogP contribution is 2.39. The summed E-state index contributed by atoms with van der Waals surface area (Å²) in [6.07, 6.45) is 4.15. The van der Waals surface area contributed by atoms with Gasteiger partial charge < -0.3 is 20.9 Å². The molecule has 0 aliphatic heterocycles. The van der Waals surface area contributed by atoms with E-state index in [-0.39, 0.29) is 5.92 Å². The number of methoxy groups -OCH3 is 2. The van der Waals surface area contributed by atoms with Gasteiger partial charge in [-0.05, 0) is 55.0 Å². The number of halogens is 2. The first-order valence-corrected chi connectivity index (χ1v) is 14.9. The van der Waals surface area contributed by atoms with Gasteiger partial charge in [0.2, 0.25) is 5.88 Å². The summed E-state index contributed by atoms with van der Waals surface area (Å²) in [5.74, 6) is 4.00. The van der Waals surface area contributed by atoms with E-state index in [0.29, 0.717) is 57.3 Å². The first-order chi connectivity index (χ1) is 19.8. The smallest absolute Gasteiger partial charge is 0.232 e. The van der Waals surface area contributed by atoms with Crippen LogP contribution in [0.4, 0.5) is 11.6 Å². The van der Waals surface area contributed by atoms with Gasteiger partial charge in [-0.2, -0.15) is 0 Å². The topological polar surface area (TPSA) is 135 Å². The van der Waals surface area contributed by atoms with E-state index in [0.717, 1.165) is 26.6 Å². The van der Waals surface area contributed by atoms with E-state index in [9.17, 15) is 0 Å². The van der Waals surface area contributed by atoms with E-state index in [2.05, 4.69) is 52.6 Å². The number of rotatable bonds is 8. The molecule has 1 aromatic carbocycles. The van der Waals surface area contributed by atoms with Crippen molar-refractivity contribution in [1.82, 2.24) is 24.9 Å². The summed E-state index contributed by atoms with van der Waals surface area (Å²) in [4.78, 5) is 23.0. The summed E-state index contributed by atoms with van der Waals surface area (Å²) in [6, 6.07) is 5.77. The lowest BCUT2D eigenvalue weighted by Gasteiger charge is -2.16. The zero-order chi connectivity index (χ0) is 31.1. The van der Waals surface area contributed by atoms with Crippen LogP contribution in [0, 0.1) is 13.8 Å². The molecule has 42 heavy (non-hydrogen) atoms. The predicted molar refractivity (Wildman–Crippen MR) is 171 cm³/mol. The first kappa shape index (κ1) is 33.2. The second-order valence-electron chi connectivity index (χ2n) is 10.1. The van der Waals surface area contributed by atoms with E-state index in [4.69, 9.17) is 44.1 Å². The number of nitrogens with two attached hydrogens (primary N) is 2. The minimum Gasteiger partial charge on any atom is -0.495 e. The van der Waals surface area contributed by atoms with Crippen LogP contribution < -0.4 is 20.9 Å². The standard InChI is InChI=1S/C16H20ClN3O.C14H17ClN4OS/c1-9(2)13-7-15(21-4)14(17)6-11(13)5-12-8-19-10(3)20-16(12)18;1-7(2)12-10(5-9(15)14(19-12)20-4)21-11-6-17-8(3)18-13(11)16/h6-9H,5H2,1-4H3,(H2,18,19,20);5-7H,1-4H3,(H2,16,17,18). The van der Waals surface area contributed by atoms with Gasteiger partial charge in [0, 0.05) is 29.3 Å². The number of nitrogens with zero attached hydrogens (tertiary/aromatic N) is 5. The molecule has 0 atom stereocenters. The Labute approximate surface area is 261 Å². The third-order valence-electron chi connectivity index (χ3n) is 6.24. The Morgan fingerprint density at radius 1 is 0.762 bits per heavy atom. The number of aryl methyl sites for hydroxylation is 2. The van der Waals surface area contributed by atoms with Crippen LogP contribution in [-0.4, -0.2) is 39.1 Å². The van der Waals surface area contributed by atoms with Crippen molar-refractivity contribution in [2.24, 2.45) is 0 Å². The van der Waals surface area contributed by atoms with Crippen LogP contribution in [0.3, 0.4) is 0 Å². The highest BCUT2D eigenvalue weighted by molar-refractivity contribution is 7.99. The van der Waals surface area contributed by atoms with Crippen LogP contribution in [0.25, 0.3) is 0 Å². The summed E-state index contributed by atoms with van der Waals surface area (Å²) in [6.45, 7) is 12.0. The number of anilines is 2. The Hall–Kier alpha value is -3.34. The zero-order valence-corrected chi connectivity index (χ0v) is 27.4. The number of pyridine rings is 1. The molecule has 0 bridgehead atoms. The second-order valence-corrected chi connectivity index (χ2v) is 12.0. The van der Waals surface area contributed by atoms with Crippen LogP contribution in [0.1, 0.15) is 73.6 Å². The SMILES string of the molecule is COc1cc(C(C)C)c(Cc2cnc(C)nc2N)cc1Cl.COc1nc(C(C)C)c(Sc2cnc(C)nc2N)cc1Cl. The number of hydrogen-bond donors (Lipinski definition) is 2. The fourth-order valence-corrected chi connectivity index (χ4v) is 5.70. The molecule has 4 rings (SSSR count). The average molecular weight is 631 g/mol. The van der Waals surface area contributed by atoms with Gasteiger partial charge in [0.25, 0.3) is 0 Å². The molecular formula is C30H37Cl2N7O2S. The molecule has 4 aromatic rings. The van der Waals surface area contributed by atoms with Gasteiger partial charge >= 0.3 is 0 Å². The molecule has 0 aliphatic rings. The van der Waals surface area contributed by atoms with E-state index < -0.39 is 0 Å². The molecule has 0 amide bonds. The molecule has 3 heterocycles. The monoisotopic (exact) mass is 629 g/mol. The van der Waals surface area contributed by atoms with Crippen molar-refractivity contribution in [1.29, 1.82) is 0 Å². The van der Waals surface area contributed by atoms with Crippen molar-refractivity contribution in [3.8, 4) is 11.6 Å². The number of benzene rings is 1. The van der Waals surface area contributed by atoms with Gasteiger partial charge in [0.05, 0.1) is 29.8 Å². The van der Waals surface area contributed by atoms with E-state index in [1.807, 2.05) is 25.1 Å². The van der Waals surface area contributed by atoms with Crippen LogP contribution in [0.15, 0.2) is 40.4 Å². The molecule has 0 fully saturated rings. The summed E-state index contributed by atoms with van der Waals surface area (Å²) in [5, 5.41) is 1.07. The molecule has 0 saturated carbocycles. The molecule has 0 aliphatic carbocycles. The Bertz CT molecular complexity index is 1440. The molecule has 0 unspecified atom stereocenters. The maximum Gasteiger partial charge on any atom is 0.232 e. The Morgan fingerprint density at radius 2 is 1.40 bits per heavy atom. The van der Waals surface area contributed by atoms with Crippen LogP contribution in [-0.2, 0) is 6.42 Å². The highest BCUT2D eigenvalue weighted by atomic mass is 35.5. The molecule has 9 nitrogen and oxygen atoms in total. The number of nitrogen functional groups attached to an aromatic ring is 2. The van der Waals surface area contributed by atoms with Gasteiger partial charge in [-0.1, -0.05) is 62.7 Å². The maximum atomic E-state index is 6.25. The van der Waals surface area contributed by atoms with Crippen LogP contribution >= 0.6 is 35.0 Å². The molecule has 4 N–H and O–H groups in total. The predicted octanol–water partition coefficient (Wildman–Crippen LogP) is 7.44. The van der Waals surface area contributed by atoms with Crippen molar-refractivity contribution in [2.45, 2.75) is 69.6 Å². The fourth-order valence-electron chi connectivity index (χ4n) is 4.09. The third kappa shape index (κ3) is 8.36. The van der Waals surface area contributed by atoms with Crippen molar-refractivity contribution in [2.75, 3.05) is 25.7 Å². The summed E-state index contributed by atoms with van der Waals surface area (Å²) in [7, 11) is 3.17. The van der Waals surface area contributed by atoms with Gasteiger partial charge in [-0.25, -0.2) is 24.9 Å². The molecule has 0 spiro atoms. The van der Waals surface area contributed by atoms with Crippen LogP contribution in [0.5, 0.6) is 11.6 Å². The average Bonchev–Trinajstić information content (AvgIpc) is 2.92. The number of hydrogen-bond acceptors (Lipinski definition) is 10. The van der Waals surface area contributed by atoms with Crippen molar-refractivity contribution in [3.63, 3.8) is 0 Å². The van der Waals surface area contributed by atoms with Crippen molar-refractivity contribution >= 4 is 46.6 Å². The van der Waals surface area contributed by atoms with Gasteiger partial charge in [0.15, 0.2) is 0 Å². The highest BCUT2D eigenvalue weighted by Gasteiger charge is 2.17. The van der Waals surface area contributed by atoms with Gasteiger partial charge in [-0.3, -0.25) is 0 Å². The molecule has 224 valence electrons. The molecule has 0 saturated heterocycles. The lowest BCUT2D eigenvalue weighted by atomic mass is 9.93. The van der Waals surface area contributed by atoms with E-state index >= 15 is 0 Å². The van der Waals surface area contributed by atoms with Gasteiger partial charge in [-0.15, -0.1) is 0 Å². The first-order valence-electron chi connectivity index (χ1n) is 13.3. The van der Waals surface area contributed by atoms with Crippen LogP contribution in [0.2, 0.25) is 10.0 Å². The lowest BCUT2D eigenvalue weighted by molar-refractivity contribution is 0.395. The minimum atomic E-state index is 0.228. The minimum absolute atomic E-state index is 0.228. The number of ether oxygens (including phenoxy) is 2. The Kier molecular flexibility index (Phi) is 11.6. The maximum absolute atomic E-state index is 6.25. The second kappa shape index (κ2) is 14.7. The largest absolute Gasteiger partial charge is 0.495 e. The van der Waals surface area contributed by atoms with Gasteiger partial charge in [0.1, 0.15) is 34.1 Å². The zero-order valence-electron chi connectivity index (χ0n) is 25.1. The normalized spacial score (nSPS) is 11.0. The Morgan fingerprint density at radius 3 is 1.95 bits per heavy atom. The molecule has 12 heteroatoms. The summed E-state index contributed by atoms with van der Waals surface area (Å²) in [5.41, 5.74) is 16.0. The third-order valence-corrected chi connectivity index (χ3v) is 7.88. The van der Waals surface area contributed by atoms with E-state index in [1.165, 1.54) is 17.3 Å². The van der Waals surface area contributed by atoms with Crippen molar-refractivity contribution < 1.29 is 9.47 Å². The Balaban J connectivity index is 0.000000230. The summed E-state index contributed by atoms with van der Waals surface area (Å²) < 4.78 is 10.5. The molecular weight excluding hydrogens is 593 g/mol. The fraction of sp³-hybridized carbons (Fsp3) is 0.367. The lowest BCUT2D eigenvalue weighted by Crippen LogP contribution is -2.05. The molecule has 0 radical (unpaired) electrons. The molecule has 3 aromatic heterocycles.